The van der Waals surface area contributed by atoms with Gasteiger partial charge in [-0.3, -0.25) is 18.8 Å². The van der Waals surface area contributed by atoms with Gasteiger partial charge in [-0.05, 0) is 128 Å². The van der Waals surface area contributed by atoms with Crippen molar-refractivity contribution in [3.63, 3.8) is 0 Å². The first-order chi connectivity index (χ1) is 33.9. The number of aliphatic hydroxyl groups excluding tert-OH is 1. The molecule has 0 aromatic carbocycles. The van der Waals surface area contributed by atoms with Crippen molar-refractivity contribution in [1.82, 2.24) is 49.9 Å². The van der Waals surface area contributed by atoms with Gasteiger partial charge in [-0.1, -0.05) is 51.4 Å². The highest BCUT2D eigenvalue weighted by atomic mass is 35.5. The van der Waals surface area contributed by atoms with Gasteiger partial charge in [0.25, 0.3) is 6.43 Å². The first-order valence-electron chi connectivity index (χ1n) is 24.4. The molecule has 5 heterocycles. The highest BCUT2D eigenvalue weighted by molar-refractivity contribution is 6.29. The van der Waals surface area contributed by atoms with E-state index in [9.17, 15) is 49.4 Å². The van der Waals surface area contributed by atoms with Gasteiger partial charge in [0.15, 0.2) is 11.4 Å². The molecule has 0 aliphatic heterocycles. The summed E-state index contributed by atoms with van der Waals surface area (Å²) in [6.45, 7) is 21.0. The van der Waals surface area contributed by atoms with Gasteiger partial charge in [-0.2, -0.15) is 41.6 Å². The maximum Gasteiger partial charge on any atom is 0.435 e. The van der Waals surface area contributed by atoms with E-state index in [-0.39, 0.29) is 72.0 Å². The maximum absolute atomic E-state index is 14.5. The number of H-pyrrole nitrogens is 1. The summed E-state index contributed by atoms with van der Waals surface area (Å²) >= 11 is 5.68. The van der Waals surface area contributed by atoms with E-state index in [0.717, 1.165) is 25.0 Å². The summed E-state index contributed by atoms with van der Waals surface area (Å²) in [7, 11) is 1.60. The number of rotatable bonds is 11. The Balaban J connectivity index is 0.000000200. The minimum absolute atomic E-state index is 0.00722. The third kappa shape index (κ3) is 16.8. The summed E-state index contributed by atoms with van der Waals surface area (Å²) in [5.74, 6) is 1.01. The molecule has 1 saturated carbocycles. The van der Waals surface area contributed by atoms with Crippen molar-refractivity contribution in [3.8, 4) is 0 Å². The van der Waals surface area contributed by atoms with Crippen molar-refractivity contribution in [1.29, 1.82) is 0 Å². The normalized spacial score (nSPS) is 17.4. The zero-order valence-corrected chi connectivity index (χ0v) is 44.2. The predicted molar refractivity (Wildman–Crippen MR) is 265 cm³/mol. The highest BCUT2D eigenvalue weighted by Crippen LogP contribution is 2.47. The van der Waals surface area contributed by atoms with E-state index < -0.39 is 47.6 Å². The summed E-state index contributed by atoms with van der Waals surface area (Å²) in [5.41, 5.74) is 1.50. The Bertz CT molecular complexity index is 2640. The number of nitrogens with one attached hydrogen (secondary N) is 3. The molecular formula is C51H70ClF9N10O2. The van der Waals surface area contributed by atoms with Gasteiger partial charge in [0, 0.05) is 84.3 Å². The van der Waals surface area contributed by atoms with Crippen molar-refractivity contribution in [2.24, 2.45) is 5.92 Å². The summed E-state index contributed by atoms with van der Waals surface area (Å²) in [4.78, 5) is 17.9. The van der Waals surface area contributed by atoms with E-state index in [0.29, 0.717) is 23.0 Å². The molecule has 3 aliphatic rings. The quantitative estimate of drug-likeness (QED) is 0.0756. The number of fused-ring (bicyclic) bond motifs is 2. The van der Waals surface area contributed by atoms with Crippen LogP contribution in [0, 0.1) is 5.92 Å². The molecular weight excluding hydrogens is 991 g/mol. The fourth-order valence-corrected chi connectivity index (χ4v) is 8.11. The molecule has 73 heavy (non-hydrogen) atoms. The van der Waals surface area contributed by atoms with Crippen LogP contribution in [-0.2, 0) is 37.5 Å². The van der Waals surface area contributed by atoms with Crippen molar-refractivity contribution < 1.29 is 44.6 Å². The summed E-state index contributed by atoms with van der Waals surface area (Å²) in [6, 6.07) is 7.41. The third-order valence-corrected chi connectivity index (χ3v) is 12.2. The Morgan fingerprint density at radius 1 is 0.822 bits per heavy atom. The zero-order chi connectivity index (χ0) is 54.9. The Labute approximate surface area is 426 Å². The molecule has 2 unspecified atom stereocenters. The van der Waals surface area contributed by atoms with Gasteiger partial charge in [-0.15, -0.1) is 0 Å². The van der Waals surface area contributed by atoms with Gasteiger partial charge in [-0.25, -0.2) is 18.2 Å². The highest BCUT2D eigenvalue weighted by Gasteiger charge is 2.44. The minimum Gasteiger partial charge on any atom is -0.388 e. The van der Waals surface area contributed by atoms with Crippen LogP contribution in [0.4, 0.5) is 39.5 Å². The summed E-state index contributed by atoms with van der Waals surface area (Å²) < 4.78 is 120. The molecule has 12 nitrogen and oxygen atoms in total. The van der Waals surface area contributed by atoms with Gasteiger partial charge < -0.3 is 20.7 Å². The fourth-order valence-electron chi connectivity index (χ4n) is 7.93. The largest absolute Gasteiger partial charge is 0.435 e. The first-order valence-corrected chi connectivity index (χ1v) is 24.8. The molecule has 22 heteroatoms. The monoisotopic (exact) mass is 1060 g/mol. The molecule has 2 atom stereocenters. The number of nitrogens with zero attached hydrogens (tertiary/aromatic N) is 7. The average Bonchev–Trinajstić information content (AvgIpc) is 3.64. The van der Waals surface area contributed by atoms with E-state index in [4.69, 9.17) is 11.6 Å². The van der Waals surface area contributed by atoms with E-state index in [2.05, 4.69) is 69.7 Å². The number of aliphatic hydroxyl groups is 1. The summed E-state index contributed by atoms with van der Waals surface area (Å²) in [6.07, 6.45) is -2.43. The Morgan fingerprint density at radius 2 is 1.38 bits per heavy atom. The molecule has 0 spiro atoms. The van der Waals surface area contributed by atoms with Crippen LogP contribution in [0.5, 0.6) is 0 Å². The van der Waals surface area contributed by atoms with Crippen LogP contribution in [0.15, 0.2) is 53.7 Å². The van der Waals surface area contributed by atoms with Crippen LogP contribution >= 0.6 is 11.6 Å². The molecule has 5 aromatic rings. The molecule has 0 radical (unpaired) electrons. The van der Waals surface area contributed by atoms with Gasteiger partial charge in [0.2, 0.25) is 5.56 Å². The Hall–Kier alpha value is -4.99. The lowest BCUT2D eigenvalue weighted by Gasteiger charge is -2.31. The number of allylic oxidation sites excluding steroid dienone is 2. The molecule has 1 fully saturated rings. The minimum atomic E-state index is -4.38. The lowest BCUT2D eigenvalue weighted by Crippen LogP contribution is -2.28. The maximum atomic E-state index is 14.5. The molecule has 3 aliphatic carbocycles. The molecule has 8 rings (SSSR count). The standard InChI is InChI=1S/C12H17F3N2O.C11H16F3N3.C11H13NO.C9H14F3N3.C8H10ClN/c1-6(2)17-10-8(9(16-17)11(13)14)7(18)4-5-12(10,3)15;1-7(2)17-6-8(5-15-9-3-4-9)10(16-17)11(12,13)14;1-7(2)9-5-3-8-4-6-10(13)12-11(8)9;1-6(2)15-5-7(4-13-3)8(14-15)9(10,11)12;1-6(2)7-3-4-10-8(9)5-7/h6-7,11,18H,4-5H2,1-3H3;6-7,9,15H,3-5H2,1-2H3;4-7H,3H2,1-2H3,(H,12,13);5-6,13H,4H2,1-3H3;3-6H,1-2H3. The topological polar surface area (TPSA) is 144 Å². The van der Waals surface area contributed by atoms with Crippen LogP contribution in [0.1, 0.15) is 195 Å². The Morgan fingerprint density at radius 3 is 1.82 bits per heavy atom. The van der Waals surface area contributed by atoms with Gasteiger partial charge in [0.1, 0.15) is 16.5 Å². The van der Waals surface area contributed by atoms with Crippen LogP contribution in [0.25, 0.3) is 5.57 Å². The fraction of sp³-hybridized carbons (Fsp3) is 0.588. The third-order valence-electron chi connectivity index (χ3n) is 12.0. The second-order valence-electron chi connectivity index (χ2n) is 19.9. The molecule has 4 N–H and O–H groups in total. The average molecular weight is 1060 g/mol. The van der Waals surface area contributed by atoms with E-state index in [1.807, 2.05) is 32.0 Å². The van der Waals surface area contributed by atoms with Crippen molar-refractivity contribution >= 4 is 17.2 Å². The van der Waals surface area contributed by atoms with Crippen LogP contribution < -0.4 is 16.2 Å². The van der Waals surface area contributed by atoms with Crippen LogP contribution in [0.2, 0.25) is 5.15 Å². The molecule has 5 aromatic heterocycles. The van der Waals surface area contributed by atoms with E-state index in [1.165, 1.54) is 50.1 Å². The van der Waals surface area contributed by atoms with Crippen LogP contribution in [-0.4, -0.2) is 57.5 Å². The molecule has 0 saturated heterocycles. The number of halogens is 10. The lowest BCUT2D eigenvalue weighted by atomic mass is 9.83. The van der Waals surface area contributed by atoms with E-state index in [1.54, 1.807) is 47.0 Å². The van der Waals surface area contributed by atoms with E-state index >= 15 is 0 Å². The number of alkyl halides is 9. The van der Waals surface area contributed by atoms with Crippen molar-refractivity contribution in [2.45, 2.75) is 182 Å². The second-order valence-corrected chi connectivity index (χ2v) is 20.3. The zero-order valence-electron chi connectivity index (χ0n) is 43.5. The first kappa shape index (κ1) is 60.6. The van der Waals surface area contributed by atoms with Crippen molar-refractivity contribution in [3.05, 3.63) is 121 Å². The van der Waals surface area contributed by atoms with Gasteiger partial charge >= 0.3 is 12.4 Å². The Kier molecular flexibility index (Phi) is 21.2. The number of pyridine rings is 2. The number of hydrogen-bond donors (Lipinski definition) is 4. The number of aromatic nitrogens is 8. The second kappa shape index (κ2) is 25.5. The summed E-state index contributed by atoms with van der Waals surface area (Å²) in [5, 5.41) is 27.2. The SMILES string of the molecule is CC(C)C1=CCc2ccc(=O)[nH]c21.CC(C)c1ccnc(Cl)c1.CC(C)n1cc(CNC2CC2)c(C(F)(F)F)n1.CC(C)n1nc(C(F)F)c2c1C(C)(F)CCC2O.CNCc1cn(C(C)C)nc1C(F)(F)F. The lowest BCUT2D eigenvalue weighted by molar-refractivity contribution is -0.143. The number of hydrogen-bond acceptors (Lipinski definition) is 8. The van der Waals surface area contributed by atoms with Crippen LogP contribution in [0.3, 0.4) is 0 Å². The molecule has 406 valence electrons. The molecule has 0 bridgehead atoms. The molecule has 0 amide bonds. The smallest absolute Gasteiger partial charge is 0.388 e. The predicted octanol–water partition coefficient (Wildman–Crippen LogP) is 13.2. The van der Waals surface area contributed by atoms with Gasteiger partial charge in [0.05, 0.1) is 11.8 Å². The van der Waals surface area contributed by atoms with Crippen molar-refractivity contribution in [2.75, 3.05) is 7.05 Å². The number of aromatic amines is 1.